The van der Waals surface area contributed by atoms with Crippen LogP contribution in [0.25, 0.3) is 0 Å². The van der Waals surface area contributed by atoms with Gasteiger partial charge in [-0.1, -0.05) is 55.8 Å². The van der Waals surface area contributed by atoms with E-state index in [1.165, 1.54) is 0 Å². The molecule has 3 heteroatoms. The van der Waals surface area contributed by atoms with Gasteiger partial charge in [-0.05, 0) is 36.1 Å². The molecule has 0 spiro atoms. The van der Waals surface area contributed by atoms with E-state index in [9.17, 15) is 4.79 Å². The number of unbranched alkanes of at least 4 members (excludes halogenated alkanes) is 1. The molecule has 3 rings (SSSR count). The fourth-order valence-electron chi connectivity index (χ4n) is 3.26. The summed E-state index contributed by atoms with van der Waals surface area (Å²) in [6, 6.07) is 17.5. The first-order valence-electron chi connectivity index (χ1n) is 8.59. The van der Waals surface area contributed by atoms with Gasteiger partial charge in [-0.25, -0.2) is 0 Å². The first-order chi connectivity index (χ1) is 11.7. The van der Waals surface area contributed by atoms with E-state index in [1.807, 2.05) is 54.6 Å². The standard InChI is InChI=1S/C21H23NO2/c1-2-3-12-24-17-11-7-10-16(13-17)20-19(22)14-18(21(20)23)15-8-5-4-6-9-15/h4-11,13,18,20,22H,2-3,12,14H2,1H3. The molecule has 0 amide bonds. The van der Waals surface area contributed by atoms with Gasteiger partial charge in [0.25, 0.3) is 0 Å². The molecule has 2 atom stereocenters. The first-order valence-corrected chi connectivity index (χ1v) is 8.59. The van der Waals surface area contributed by atoms with Crippen LogP contribution in [0.4, 0.5) is 0 Å². The van der Waals surface area contributed by atoms with Crippen molar-refractivity contribution in [2.24, 2.45) is 0 Å². The van der Waals surface area contributed by atoms with Crippen LogP contribution in [0.15, 0.2) is 54.6 Å². The normalized spacial score (nSPS) is 20.4. The molecule has 0 heterocycles. The van der Waals surface area contributed by atoms with Crippen molar-refractivity contribution in [3.05, 3.63) is 65.7 Å². The van der Waals surface area contributed by atoms with Gasteiger partial charge in [-0.2, -0.15) is 0 Å². The van der Waals surface area contributed by atoms with Gasteiger partial charge in [0.2, 0.25) is 0 Å². The van der Waals surface area contributed by atoms with Gasteiger partial charge in [-0.15, -0.1) is 0 Å². The lowest BCUT2D eigenvalue weighted by atomic mass is 9.91. The van der Waals surface area contributed by atoms with Gasteiger partial charge in [0.05, 0.1) is 12.5 Å². The maximum atomic E-state index is 12.9. The molecule has 1 aliphatic rings. The summed E-state index contributed by atoms with van der Waals surface area (Å²) in [6.45, 7) is 2.81. The van der Waals surface area contributed by atoms with E-state index in [1.54, 1.807) is 0 Å². The molecule has 0 bridgehead atoms. The molecule has 2 unspecified atom stereocenters. The third-order valence-electron chi connectivity index (χ3n) is 4.56. The molecular formula is C21H23NO2. The minimum absolute atomic E-state index is 0.122. The van der Waals surface area contributed by atoms with Crippen LogP contribution in [0.3, 0.4) is 0 Å². The number of nitrogens with one attached hydrogen (secondary N) is 1. The molecule has 1 saturated carbocycles. The molecule has 1 fully saturated rings. The number of ketones is 1. The lowest BCUT2D eigenvalue weighted by Gasteiger charge is -2.13. The van der Waals surface area contributed by atoms with Crippen LogP contribution in [0.1, 0.15) is 49.1 Å². The Labute approximate surface area is 143 Å². The van der Waals surface area contributed by atoms with Crippen molar-refractivity contribution in [1.82, 2.24) is 0 Å². The summed E-state index contributed by atoms with van der Waals surface area (Å²) in [4.78, 5) is 12.9. The number of benzene rings is 2. The van der Waals surface area contributed by atoms with Gasteiger partial charge in [-0.3, -0.25) is 4.79 Å². The second-order valence-electron chi connectivity index (χ2n) is 6.30. The minimum Gasteiger partial charge on any atom is -0.494 e. The Morgan fingerprint density at radius 2 is 1.83 bits per heavy atom. The zero-order chi connectivity index (χ0) is 16.9. The quantitative estimate of drug-likeness (QED) is 0.782. The number of ether oxygens (including phenoxy) is 1. The summed E-state index contributed by atoms with van der Waals surface area (Å²) in [5.41, 5.74) is 2.38. The maximum Gasteiger partial charge on any atom is 0.153 e. The van der Waals surface area contributed by atoms with Crippen LogP contribution in [-0.4, -0.2) is 18.1 Å². The first kappa shape index (κ1) is 16.4. The molecule has 3 nitrogen and oxygen atoms in total. The lowest BCUT2D eigenvalue weighted by Crippen LogP contribution is -2.14. The van der Waals surface area contributed by atoms with Crippen LogP contribution < -0.4 is 4.74 Å². The van der Waals surface area contributed by atoms with Crippen molar-refractivity contribution in [3.63, 3.8) is 0 Å². The largest absolute Gasteiger partial charge is 0.494 e. The van der Waals surface area contributed by atoms with Crippen LogP contribution in [0.2, 0.25) is 0 Å². The smallest absolute Gasteiger partial charge is 0.153 e. The Hall–Kier alpha value is -2.42. The number of Topliss-reactive ketones (excluding diaryl/α,β-unsaturated/α-hetero) is 1. The molecule has 0 aromatic heterocycles. The van der Waals surface area contributed by atoms with E-state index in [-0.39, 0.29) is 11.7 Å². The number of carbonyl (C=O) groups is 1. The zero-order valence-corrected chi connectivity index (χ0v) is 14.0. The van der Waals surface area contributed by atoms with Gasteiger partial charge in [0.15, 0.2) is 5.78 Å². The van der Waals surface area contributed by atoms with E-state index in [0.717, 1.165) is 29.7 Å². The van der Waals surface area contributed by atoms with Crippen LogP contribution in [0.5, 0.6) is 5.75 Å². The number of rotatable bonds is 6. The van der Waals surface area contributed by atoms with Gasteiger partial charge in [0, 0.05) is 11.6 Å². The molecule has 2 aromatic carbocycles. The number of hydrogen-bond donors (Lipinski definition) is 1. The summed E-state index contributed by atoms with van der Waals surface area (Å²) in [6.07, 6.45) is 2.61. The van der Waals surface area contributed by atoms with Crippen LogP contribution in [-0.2, 0) is 4.79 Å². The SMILES string of the molecule is CCCCOc1cccc(C2C(=N)CC(c3ccccc3)C2=O)c1. The zero-order valence-electron chi connectivity index (χ0n) is 14.0. The minimum atomic E-state index is -0.440. The molecule has 0 saturated heterocycles. The van der Waals surface area contributed by atoms with Crippen LogP contribution in [0, 0.1) is 5.41 Å². The summed E-state index contributed by atoms with van der Waals surface area (Å²) in [7, 11) is 0. The topological polar surface area (TPSA) is 50.1 Å². The maximum absolute atomic E-state index is 12.9. The van der Waals surface area contributed by atoms with Gasteiger partial charge < -0.3 is 10.1 Å². The van der Waals surface area contributed by atoms with E-state index in [4.69, 9.17) is 10.1 Å². The Bertz CT molecular complexity index is 724. The highest BCUT2D eigenvalue weighted by atomic mass is 16.5. The number of carbonyl (C=O) groups excluding carboxylic acids is 1. The molecule has 124 valence electrons. The predicted octanol–water partition coefficient (Wildman–Crippen LogP) is 4.73. The summed E-state index contributed by atoms with van der Waals surface area (Å²) in [5, 5.41) is 8.33. The predicted molar refractivity (Wildman–Crippen MR) is 96.1 cm³/mol. The second-order valence-corrected chi connectivity index (χ2v) is 6.30. The van der Waals surface area contributed by atoms with E-state index < -0.39 is 5.92 Å². The van der Waals surface area contributed by atoms with Crippen molar-refractivity contribution in [1.29, 1.82) is 5.41 Å². The van der Waals surface area contributed by atoms with Crippen molar-refractivity contribution in [2.75, 3.05) is 6.61 Å². The third kappa shape index (κ3) is 3.40. The van der Waals surface area contributed by atoms with Crippen molar-refractivity contribution in [3.8, 4) is 5.75 Å². The average molecular weight is 321 g/mol. The Morgan fingerprint density at radius 3 is 2.58 bits per heavy atom. The molecule has 1 aliphatic carbocycles. The molecular weight excluding hydrogens is 298 g/mol. The van der Waals surface area contributed by atoms with E-state index >= 15 is 0 Å². The molecule has 1 N–H and O–H groups in total. The third-order valence-corrected chi connectivity index (χ3v) is 4.56. The molecule has 24 heavy (non-hydrogen) atoms. The van der Waals surface area contributed by atoms with E-state index in [2.05, 4.69) is 6.92 Å². The molecule has 2 aromatic rings. The molecule has 0 radical (unpaired) electrons. The fraction of sp³-hybridized carbons (Fsp3) is 0.333. The van der Waals surface area contributed by atoms with Crippen molar-refractivity contribution >= 4 is 11.5 Å². The lowest BCUT2D eigenvalue weighted by molar-refractivity contribution is -0.119. The molecule has 0 aliphatic heterocycles. The fourth-order valence-corrected chi connectivity index (χ4v) is 3.26. The Morgan fingerprint density at radius 1 is 1.08 bits per heavy atom. The average Bonchev–Trinajstić information content (AvgIpc) is 2.91. The highest BCUT2D eigenvalue weighted by Gasteiger charge is 2.40. The summed E-state index contributed by atoms with van der Waals surface area (Å²) in [5.74, 6) is 0.264. The van der Waals surface area contributed by atoms with Gasteiger partial charge >= 0.3 is 0 Å². The van der Waals surface area contributed by atoms with E-state index in [0.29, 0.717) is 18.7 Å². The highest BCUT2D eigenvalue weighted by Crippen LogP contribution is 2.39. The second kappa shape index (κ2) is 7.43. The Kier molecular flexibility index (Phi) is 5.09. The summed E-state index contributed by atoms with van der Waals surface area (Å²) < 4.78 is 5.75. The summed E-state index contributed by atoms with van der Waals surface area (Å²) >= 11 is 0. The van der Waals surface area contributed by atoms with Gasteiger partial charge in [0.1, 0.15) is 5.75 Å². The van der Waals surface area contributed by atoms with Crippen molar-refractivity contribution in [2.45, 2.75) is 38.0 Å². The Balaban J connectivity index is 1.80. The van der Waals surface area contributed by atoms with Crippen LogP contribution >= 0.6 is 0 Å². The van der Waals surface area contributed by atoms with Crippen molar-refractivity contribution < 1.29 is 9.53 Å². The number of hydrogen-bond acceptors (Lipinski definition) is 3. The highest BCUT2D eigenvalue weighted by molar-refractivity contribution is 6.17. The monoisotopic (exact) mass is 321 g/mol.